The first-order chi connectivity index (χ1) is 8.89. The number of nitrogens with zero attached hydrogens (tertiary/aromatic N) is 1. The van der Waals surface area contributed by atoms with Crippen molar-refractivity contribution >= 4 is 21.8 Å². The third kappa shape index (κ3) is 4.97. The minimum absolute atomic E-state index is 0.190. The van der Waals surface area contributed by atoms with E-state index in [1.165, 1.54) is 0 Å². The fourth-order valence-corrected chi connectivity index (χ4v) is 2.16. The number of aromatic nitrogens is 1. The molecular weight excluding hydrogens is 312 g/mol. The van der Waals surface area contributed by atoms with E-state index in [2.05, 4.69) is 21.2 Å². The largest absolute Gasteiger partial charge is 0.388 e. The van der Waals surface area contributed by atoms with E-state index < -0.39 is 5.60 Å². The van der Waals surface area contributed by atoms with Crippen LogP contribution in [0.1, 0.15) is 30.8 Å². The van der Waals surface area contributed by atoms with Crippen LogP contribution in [0.25, 0.3) is 0 Å². The molecule has 0 aliphatic rings. The first kappa shape index (κ1) is 16.2. The van der Waals surface area contributed by atoms with E-state index in [0.29, 0.717) is 25.3 Å². The Labute approximate surface area is 122 Å². The highest BCUT2D eigenvalue weighted by molar-refractivity contribution is 9.10. The smallest absolute Gasteiger partial charge is 0.268 e. The summed E-state index contributed by atoms with van der Waals surface area (Å²) in [6.45, 7) is 5.02. The minimum Gasteiger partial charge on any atom is -0.388 e. The first-order valence-corrected chi connectivity index (χ1v) is 7.04. The molecule has 0 radical (unpaired) electrons. The molecule has 0 bridgehead atoms. The summed E-state index contributed by atoms with van der Waals surface area (Å²) in [5.41, 5.74) is -0.385. The van der Waals surface area contributed by atoms with Crippen LogP contribution in [-0.4, -0.2) is 41.4 Å². The van der Waals surface area contributed by atoms with Crippen LogP contribution >= 0.6 is 15.9 Å². The first-order valence-electron chi connectivity index (χ1n) is 6.25. The average Bonchev–Trinajstić information content (AvgIpc) is 2.75. The Balaban J connectivity index is 2.60. The molecular formula is C13H21BrN2O3. The van der Waals surface area contributed by atoms with Crippen LogP contribution < -0.4 is 5.32 Å². The number of ether oxygens (including phenoxy) is 1. The molecule has 0 aliphatic heterocycles. The Morgan fingerprint density at radius 3 is 2.89 bits per heavy atom. The average molecular weight is 333 g/mol. The second-order valence-corrected chi connectivity index (χ2v) is 5.67. The number of hydrogen-bond donors (Lipinski definition) is 2. The predicted octanol–water partition coefficient (Wildman–Crippen LogP) is 1.79. The SMILES string of the molecule is CCn1cc(Br)cc1C(=O)NCC(C)(O)CCOC. The van der Waals surface area contributed by atoms with E-state index in [4.69, 9.17) is 4.74 Å². The lowest BCUT2D eigenvalue weighted by Crippen LogP contribution is -2.41. The number of amides is 1. The zero-order valence-electron chi connectivity index (χ0n) is 11.6. The van der Waals surface area contributed by atoms with Gasteiger partial charge in [0.25, 0.3) is 5.91 Å². The van der Waals surface area contributed by atoms with Crippen molar-refractivity contribution in [3.05, 3.63) is 22.4 Å². The number of hydrogen-bond acceptors (Lipinski definition) is 3. The molecule has 1 heterocycles. The van der Waals surface area contributed by atoms with Crippen LogP contribution in [-0.2, 0) is 11.3 Å². The van der Waals surface area contributed by atoms with Gasteiger partial charge in [0, 0.05) is 43.9 Å². The summed E-state index contributed by atoms with van der Waals surface area (Å²) >= 11 is 3.35. The summed E-state index contributed by atoms with van der Waals surface area (Å²) in [5, 5.41) is 12.8. The molecule has 0 aliphatic carbocycles. The zero-order valence-corrected chi connectivity index (χ0v) is 13.2. The molecule has 108 valence electrons. The summed E-state index contributed by atoms with van der Waals surface area (Å²) in [6.07, 6.45) is 2.33. The van der Waals surface area contributed by atoms with Crippen LogP contribution in [0.2, 0.25) is 0 Å². The number of methoxy groups -OCH3 is 1. The van der Waals surface area contributed by atoms with Crippen molar-refractivity contribution in [1.82, 2.24) is 9.88 Å². The summed E-state index contributed by atoms with van der Waals surface area (Å²) < 4.78 is 7.64. The Morgan fingerprint density at radius 2 is 2.32 bits per heavy atom. The van der Waals surface area contributed by atoms with Gasteiger partial charge in [0.1, 0.15) is 5.69 Å². The van der Waals surface area contributed by atoms with E-state index in [1.807, 2.05) is 17.7 Å². The third-order valence-corrected chi connectivity index (χ3v) is 3.34. The number of halogens is 1. The quantitative estimate of drug-likeness (QED) is 0.800. The van der Waals surface area contributed by atoms with E-state index in [0.717, 1.165) is 4.47 Å². The van der Waals surface area contributed by atoms with Gasteiger partial charge in [-0.2, -0.15) is 0 Å². The maximum absolute atomic E-state index is 12.1. The molecule has 1 rings (SSSR count). The zero-order chi connectivity index (χ0) is 14.5. The standard InChI is InChI=1S/C13H21BrN2O3/c1-4-16-8-10(14)7-11(16)12(17)15-9-13(2,18)5-6-19-3/h7-8,18H,4-6,9H2,1-3H3,(H,15,17). The second-order valence-electron chi connectivity index (χ2n) is 4.75. The Morgan fingerprint density at radius 1 is 1.63 bits per heavy atom. The van der Waals surface area contributed by atoms with Gasteiger partial charge in [-0.25, -0.2) is 0 Å². The molecule has 1 unspecified atom stereocenters. The maximum Gasteiger partial charge on any atom is 0.268 e. The van der Waals surface area contributed by atoms with Crippen molar-refractivity contribution in [2.75, 3.05) is 20.3 Å². The monoisotopic (exact) mass is 332 g/mol. The van der Waals surface area contributed by atoms with Crippen molar-refractivity contribution in [1.29, 1.82) is 0 Å². The van der Waals surface area contributed by atoms with Crippen LogP contribution in [0, 0.1) is 0 Å². The van der Waals surface area contributed by atoms with E-state index in [9.17, 15) is 9.90 Å². The normalized spacial score (nSPS) is 14.2. The molecule has 0 spiro atoms. The number of nitrogens with one attached hydrogen (secondary N) is 1. The highest BCUT2D eigenvalue weighted by atomic mass is 79.9. The Hall–Kier alpha value is -0.850. The lowest BCUT2D eigenvalue weighted by Gasteiger charge is -2.23. The molecule has 0 fully saturated rings. The fourth-order valence-electron chi connectivity index (χ4n) is 1.70. The summed E-state index contributed by atoms with van der Waals surface area (Å²) in [5.74, 6) is -0.190. The number of carbonyl (C=O) groups excluding carboxylic acids is 1. The summed E-state index contributed by atoms with van der Waals surface area (Å²) in [7, 11) is 1.58. The van der Waals surface area contributed by atoms with Gasteiger partial charge in [0.2, 0.25) is 0 Å². The number of aliphatic hydroxyl groups is 1. The van der Waals surface area contributed by atoms with Crippen LogP contribution in [0.4, 0.5) is 0 Å². The summed E-state index contributed by atoms with van der Waals surface area (Å²) in [4.78, 5) is 12.1. The highest BCUT2D eigenvalue weighted by Gasteiger charge is 2.22. The lowest BCUT2D eigenvalue weighted by molar-refractivity contribution is 0.0242. The van der Waals surface area contributed by atoms with Gasteiger partial charge in [-0.3, -0.25) is 4.79 Å². The number of carbonyl (C=O) groups is 1. The number of rotatable bonds is 7. The molecule has 0 saturated heterocycles. The fraction of sp³-hybridized carbons (Fsp3) is 0.615. The van der Waals surface area contributed by atoms with E-state index >= 15 is 0 Å². The third-order valence-electron chi connectivity index (χ3n) is 2.91. The molecule has 1 amide bonds. The van der Waals surface area contributed by atoms with Crippen LogP contribution in [0.3, 0.4) is 0 Å². The molecule has 2 N–H and O–H groups in total. The van der Waals surface area contributed by atoms with Crippen molar-refractivity contribution in [2.24, 2.45) is 0 Å². The van der Waals surface area contributed by atoms with Crippen molar-refractivity contribution in [3.63, 3.8) is 0 Å². The van der Waals surface area contributed by atoms with Gasteiger partial charge >= 0.3 is 0 Å². The summed E-state index contributed by atoms with van der Waals surface area (Å²) in [6, 6.07) is 1.77. The lowest BCUT2D eigenvalue weighted by atomic mass is 10.0. The highest BCUT2D eigenvalue weighted by Crippen LogP contribution is 2.15. The topological polar surface area (TPSA) is 63.5 Å². The van der Waals surface area contributed by atoms with Crippen LogP contribution in [0.15, 0.2) is 16.7 Å². The van der Waals surface area contributed by atoms with E-state index in [-0.39, 0.29) is 12.5 Å². The molecule has 5 nitrogen and oxygen atoms in total. The van der Waals surface area contributed by atoms with E-state index in [1.54, 1.807) is 20.1 Å². The van der Waals surface area contributed by atoms with Gasteiger partial charge in [-0.1, -0.05) is 0 Å². The van der Waals surface area contributed by atoms with Gasteiger partial charge in [-0.05, 0) is 35.8 Å². The second kappa shape index (κ2) is 7.07. The molecule has 6 heteroatoms. The Kier molecular flexibility index (Phi) is 6.03. The molecule has 0 saturated carbocycles. The van der Waals surface area contributed by atoms with Crippen molar-refractivity contribution in [2.45, 2.75) is 32.4 Å². The predicted molar refractivity (Wildman–Crippen MR) is 77.3 cm³/mol. The molecule has 19 heavy (non-hydrogen) atoms. The van der Waals surface area contributed by atoms with Crippen LogP contribution in [0.5, 0.6) is 0 Å². The van der Waals surface area contributed by atoms with Crippen molar-refractivity contribution < 1.29 is 14.6 Å². The molecule has 0 aromatic carbocycles. The van der Waals surface area contributed by atoms with Gasteiger partial charge in [0.15, 0.2) is 0 Å². The molecule has 1 aromatic heterocycles. The minimum atomic E-state index is -0.966. The van der Waals surface area contributed by atoms with Gasteiger partial charge < -0.3 is 19.7 Å². The van der Waals surface area contributed by atoms with Gasteiger partial charge in [-0.15, -0.1) is 0 Å². The van der Waals surface area contributed by atoms with Crippen molar-refractivity contribution in [3.8, 4) is 0 Å². The Bertz CT molecular complexity index is 430. The molecule has 1 atom stereocenters. The molecule has 1 aromatic rings. The number of aryl methyl sites for hydroxylation is 1. The van der Waals surface area contributed by atoms with Gasteiger partial charge in [0.05, 0.1) is 5.60 Å². The maximum atomic E-state index is 12.1.